The van der Waals surface area contributed by atoms with Gasteiger partial charge in [-0.2, -0.15) is 0 Å². The Bertz CT molecular complexity index is 930. The summed E-state index contributed by atoms with van der Waals surface area (Å²) in [7, 11) is 0. The normalized spacial score (nSPS) is 15.0. The van der Waals surface area contributed by atoms with Crippen LogP contribution in [0, 0.1) is 5.39 Å². The molecule has 3 aromatic carbocycles. The van der Waals surface area contributed by atoms with Crippen LogP contribution >= 0.6 is 0 Å². The molecule has 0 radical (unpaired) electrons. The molecule has 0 bridgehead atoms. The Morgan fingerprint density at radius 3 is 1.75 bits per heavy atom. The van der Waals surface area contributed by atoms with Crippen molar-refractivity contribution in [1.82, 2.24) is 0 Å². The minimum Gasteiger partial charge on any atom is -0.504 e. The summed E-state index contributed by atoms with van der Waals surface area (Å²) in [6.45, 7) is 0. The molecule has 3 aromatic rings. The van der Waals surface area contributed by atoms with E-state index in [1.807, 2.05) is 84.9 Å². The number of fused-ring (bicyclic) bond motifs is 1. The van der Waals surface area contributed by atoms with Crippen molar-refractivity contribution < 1.29 is 5.11 Å². The molecule has 0 aliphatic heterocycles. The summed E-state index contributed by atoms with van der Waals surface area (Å²) in [6, 6.07) is 27.3. The zero-order valence-electron chi connectivity index (χ0n) is 12.9. The highest BCUT2D eigenvalue weighted by molar-refractivity contribution is 5.86. The predicted octanol–water partition coefficient (Wildman–Crippen LogP) is 5.11. The van der Waals surface area contributed by atoms with E-state index in [9.17, 15) is 10.5 Å². The fourth-order valence-electron chi connectivity index (χ4n) is 3.68. The summed E-state index contributed by atoms with van der Waals surface area (Å²) in [5, 5.41) is 20.7. The summed E-state index contributed by atoms with van der Waals surface area (Å²) in [4.78, 5) is 3.39. The molecule has 0 atom stereocenters. The molecule has 1 N–H and O–H groups in total. The number of rotatable bonds is 2. The van der Waals surface area contributed by atoms with E-state index < -0.39 is 5.41 Å². The average Bonchev–Trinajstić information content (AvgIpc) is 2.91. The second-order valence-corrected chi connectivity index (χ2v) is 5.82. The zero-order chi connectivity index (χ0) is 16.6. The van der Waals surface area contributed by atoms with E-state index in [1.165, 1.54) is 0 Å². The van der Waals surface area contributed by atoms with Crippen LogP contribution in [-0.4, -0.2) is 5.11 Å². The van der Waals surface area contributed by atoms with Crippen LogP contribution in [0.15, 0.2) is 90.7 Å². The van der Waals surface area contributed by atoms with Crippen molar-refractivity contribution in [2.75, 3.05) is 0 Å². The molecular weight excluding hydrogens is 296 g/mol. The second-order valence-electron chi connectivity index (χ2n) is 5.82. The first-order valence-corrected chi connectivity index (χ1v) is 7.80. The number of aliphatic hydroxyl groups is 1. The van der Waals surface area contributed by atoms with E-state index in [-0.39, 0.29) is 11.5 Å². The highest BCUT2D eigenvalue weighted by atomic mass is 16.3. The van der Waals surface area contributed by atoms with Crippen LogP contribution in [0.4, 0.5) is 0 Å². The van der Waals surface area contributed by atoms with Crippen LogP contribution in [0.2, 0.25) is 0 Å². The van der Waals surface area contributed by atoms with Crippen molar-refractivity contribution in [2.24, 2.45) is 0 Å². The Balaban J connectivity index is 2.17. The van der Waals surface area contributed by atoms with E-state index in [2.05, 4.69) is 4.98 Å². The first-order valence-electron chi connectivity index (χ1n) is 7.80. The lowest BCUT2D eigenvalue weighted by Crippen LogP contribution is -2.29. The van der Waals surface area contributed by atoms with Crippen LogP contribution in [0.25, 0.3) is 10.7 Å². The zero-order valence-corrected chi connectivity index (χ0v) is 12.9. The molecule has 1 aliphatic rings. The van der Waals surface area contributed by atoms with Crippen molar-refractivity contribution in [3.8, 4) is 0 Å². The fourth-order valence-corrected chi connectivity index (χ4v) is 3.68. The standard InChI is InChI=1S/C21H14N2O/c22-23-19-17-13-7-8-14-18(17)21(20(19)24,15-9-3-1-4-10-15)16-11-5-2-6-12-16/h1-14H/p+1. The van der Waals surface area contributed by atoms with Crippen molar-refractivity contribution in [1.29, 1.82) is 5.39 Å². The monoisotopic (exact) mass is 311 g/mol. The van der Waals surface area contributed by atoms with E-state index in [0.29, 0.717) is 0 Å². The van der Waals surface area contributed by atoms with Gasteiger partial charge in [-0.15, -0.1) is 0 Å². The Kier molecular flexibility index (Phi) is 3.18. The SMILES string of the molecule is N#[N+]C1=C(O)C(c2ccccc2)(c2ccccc2)c2ccccc21. The first kappa shape index (κ1) is 14.2. The topological polar surface area (TPSA) is 48.4 Å². The molecule has 0 spiro atoms. The van der Waals surface area contributed by atoms with Gasteiger partial charge in [-0.3, -0.25) is 0 Å². The van der Waals surface area contributed by atoms with Crippen molar-refractivity contribution in [3.63, 3.8) is 0 Å². The fraction of sp³-hybridized carbons (Fsp3) is 0.0476. The van der Waals surface area contributed by atoms with Crippen LogP contribution in [-0.2, 0) is 5.41 Å². The van der Waals surface area contributed by atoms with Crippen molar-refractivity contribution in [3.05, 3.63) is 118 Å². The number of hydrogen-bond acceptors (Lipinski definition) is 2. The van der Waals surface area contributed by atoms with Gasteiger partial charge in [-0.05, 0) is 22.8 Å². The van der Waals surface area contributed by atoms with Crippen LogP contribution in [0.1, 0.15) is 22.3 Å². The Morgan fingerprint density at radius 2 is 1.21 bits per heavy atom. The third kappa shape index (κ3) is 1.74. The average molecular weight is 311 g/mol. The second kappa shape index (κ2) is 5.36. The van der Waals surface area contributed by atoms with Gasteiger partial charge in [0.05, 0.1) is 5.56 Å². The minimum atomic E-state index is -0.874. The molecule has 3 heteroatoms. The summed E-state index contributed by atoms with van der Waals surface area (Å²) in [5.74, 6) is 0.0450. The lowest BCUT2D eigenvalue weighted by Gasteiger charge is -2.31. The molecule has 0 fully saturated rings. The maximum absolute atomic E-state index is 11.2. The third-order valence-corrected chi connectivity index (χ3v) is 4.68. The van der Waals surface area contributed by atoms with Gasteiger partial charge in [0.2, 0.25) is 11.2 Å². The van der Waals surface area contributed by atoms with Gasteiger partial charge in [0.1, 0.15) is 5.41 Å². The van der Waals surface area contributed by atoms with E-state index >= 15 is 0 Å². The lowest BCUT2D eigenvalue weighted by molar-refractivity contribution is 0.355. The van der Waals surface area contributed by atoms with Gasteiger partial charge >= 0.3 is 5.70 Å². The number of benzene rings is 3. The number of aliphatic hydroxyl groups excluding tert-OH is 1. The molecule has 0 aromatic heterocycles. The molecule has 4 rings (SSSR count). The van der Waals surface area contributed by atoms with Gasteiger partial charge in [0.15, 0.2) is 4.98 Å². The number of hydrogen-bond donors (Lipinski definition) is 1. The molecule has 0 amide bonds. The van der Waals surface area contributed by atoms with Crippen LogP contribution < -0.4 is 0 Å². The molecule has 114 valence electrons. The predicted molar refractivity (Wildman–Crippen MR) is 93.8 cm³/mol. The van der Waals surface area contributed by atoms with Gasteiger partial charge in [-0.1, -0.05) is 78.9 Å². The molecule has 0 unspecified atom stereocenters. The molecule has 0 saturated carbocycles. The molecule has 1 aliphatic carbocycles. The Labute approximate surface area is 140 Å². The molecule has 0 saturated heterocycles. The minimum absolute atomic E-state index is 0.0450. The van der Waals surface area contributed by atoms with E-state index in [1.54, 1.807) is 0 Å². The lowest BCUT2D eigenvalue weighted by atomic mass is 9.70. The van der Waals surface area contributed by atoms with E-state index in [0.717, 1.165) is 22.3 Å². The summed E-state index contributed by atoms with van der Waals surface area (Å²) < 4.78 is 0. The van der Waals surface area contributed by atoms with Gasteiger partial charge < -0.3 is 5.11 Å². The molecule has 0 heterocycles. The van der Waals surface area contributed by atoms with Gasteiger partial charge in [-0.25, -0.2) is 0 Å². The summed E-state index contributed by atoms with van der Waals surface area (Å²) in [5.41, 5.74) is 2.86. The quantitative estimate of drug-likeness (QED) is 0.668. The largest absolute Gasteiger partial charge is 0.504 e. The number of diazo groups is 1. The Morgan fingerprint density at radius 1 is 0.708 bits per heavy atom. The highest BCUT2D eigenvalue weighted by Crippen LogP contribution is 2.53. The maximum atomic E-state index is 11.2. The molecule has 24 heavy (non-hydrogen) atoms. The Hall–Kier alpha value is -3.38. The molecule has 3 nitrogen and oxygen atoms in total. The summed E-state index contributed by atoms with van der Waals surface area (Å²) >= 11 is 0. The van der Waals surface area contributed by atoms with Gasteiger partial charge in [0.25, 0.3) is 0 Å². The van der Waals surface area contributed by atoms with Crippen LogP contribution in [0.3, 0.4) is 0 Å². The number of nitrogens with zero attached hydrogens (tertiary/aromatic N) is 2. The summed E-state index contributed by atoms with van der Waals surface area (Å²) in [6.07, 6.45) is 0. The van der Waals surface area contributed by atoms with Crippen molar-refractivity contribution in [2.45, 2.75) is 5.41 Å². The third-order valence-electron chi connectivity index (χ3n) is 4.68. The first-order chi connectivity index (χ1) is 11.8. The van der Waals surface area contributed by atoms with Crippen LogP contribution in [0.5, 0.6) is 0 Å². The smallest absolute Gasteiger partial charge is 0.430 e. The van der Waals surface area contributed by atoms with Gasteiger partial charge in [0, 0.05) is 0 Å². The maximum Gasteiger partial charge on any atom is 0.430 e. The highest BCUT2D eigenvalue weighted by Gasteiger charge is 2.53. The van der Waals surface area contributed by atoms with E-state index in [4.69, 9.17) is 0 Å². The van der Waals surface area contributed by atoms with Crippen molar-refractivity contribution >= 4 is 5.70 Å². The number of allylic oxidation sites excluding steroid dienone is 1. The molecular formula is C21H15N2O+.